The van der Waals surface area contributed by atoms with Crippen LogP contribution in [0.25, 0.3) is 0 Å². The fraction of sp³-hybridized carbons (Fsp3) is 0.562. The highest BCUT2D eigenvalue weighted by molar-refractivity contribution is 6.37. The van der Waals surface area contributed by atoms with Crippen LogP contribution in [-0.2, 0) is 4.79 Å². The van der Waals surface area contributed by atoms with Gasteiger partial charge >= 0.3 is 0 Å². The lowest BCUT2D eigenvalue weighted by Crippen LogP contribution is -2.11. The van der Waals surface area contributed by atoms with Crippen LogP contribution in [0.2, 0.25) is 10.0 Å². The molecule has 20 heavy (non-hydrogen) atoms. The van der Waals surface area contributed by atoms with Crippen LogP contribution < -0.4 is 5.32 Å². The van der Waals surface area contributed by atoms with Crippen LogP contribution >= 0.6 is 23.2 Å². The van der Waals surface area contributed by atoms with Gasteiger partial charge in [0.25, 0.3) is 0 Å². The van der Waals surface area contributed by atoms with Crippen molar-refractivity contribution in [1.29, 1.82) is 0 Å². The molecule has 0 bridgehead atoms. The molecule has 0 fully saturated rings. The molecular formula is C16H21Cl2NO. The number of hydrogen-bond donors (Lipinski definition) is 1. The average Bonchev–Trinajstić information content (AvgIpc) is 2.71. The summed E-state index contributed by atoms with van der Waals surface area (Å²) in [6.45, 7) is 2.22. The summed E-state index contributed by atoms with van der Waals surface area (Å²) in [4.78, 5) is 12.0. The second-order valence-electron chi connectivity index (χ2n) is 5.45. The average molecular weight is 314 g/mol. The van der Waals surface area contributed by atoms with Crippen LogP contribution in [0.4, 0.5) is 5.69 Å². The number of amides is 1. The standard InChI is InChI=1S/C16H21Cl2NO/c1-2-3-4-5-6-7-8-12-13-9-11(17)10-14(18)15(13)19-16(12)20/h9-10,12H,2-8H2,1H3,(H,19,20). The first-order valence-electron chi connectivity index (χ1n) is 7.43. The van der Waals surface area contributed by atoms with Gasteiger partial charge in [0, 0.05) is 5.02 Å². The molecule has 1 unspecified atom stereocenters. The van der Waals surface area contributed by atoms with Crippen molar-refractivity contribution in [3.63, 3.8) is 0 Å². The number of rotatable bonds is 7. The van der Waals surface area contributed by atoms with Crippen LogP contribution in [0.1, 0.15) is 63.4 Å². The molecular weight excluding hydrogens is 293 g/mol. The number of hydrogen-bond acceptors (Lipinski definition) is 1. The summed E-state index contributed by atoms with van der Waals surface area (Å²) < 4.78 is 0. The SMILES string of the molecule is CCCCCCCCC1C(=O)Nc2c(Cl)cc(Cl)cc21. The van der Waals surface area contributed by atoms with Gasteiger partial charge in [-0.1, -0.05) is 68.7 Å². The minimum Gasteiger partial charge on any atom is -0.324 e. The molecule has 1 heterocycles. The Hall–Kier alpha value is -0.730. The molecule has 0 aromatic heterocycles. The van der Waals surface area contributed by atoms with Gasteiger partial charge in [0.1, 0.15) is 0 Å². The molecule has 0 saturated carbocycles. The fourth-order valence-corrected chi connectivity index (χ4v) is 3.32. The van der Waals surface area contributed by atoms with Gasteiger partial charge < -0.3 is 5.32 Å². The molecule has 1 aromatic carbocycles. The smallest absolute Gasteiger partial charge is 0.232 e. The van der Waals surface area contributed by atoms with Crippen molar-refractivity contribution >= 4 is 34.8 Å². The Morgan fingerprint density at radius 3 is 2.55 bits per heavy atom. The molecule has 0 radical (unpaired) electrons. The Morgan fingerprint density at radius 2 is 1.80 bits per heavy atom. The van der Waals surface area contributed by atoms with Crippen molar-refractivity contribution in [2.45, 2.75) is 57.8 Å². The van der Waals surface area contributed by atoms with Crippen LogP contribution in [0.15, 0.2) is 12.1 Å². The minimum atomic E-state index is -0.0904. The molecule has 110 valence electrons. The lowest BCUT2D eigenvalue weighted by molar-refractivity contribution is -0.117. The van der Waals surface area contributed by atoms with Gasteiger partial charge in [0.05, 0.1) is 16.6 Å². The summed E-state index contributed by atoms with van der Waals surface area (Å²) in [7, 11) is 0. The van der Waals surface area contributed by atoms with E-state index in [1.165, 1.54) is 32.1 Å². The molecule has 1 aromatic rings. The Kier molecular flexibility index (Phi) is 5.74. The van der Waals surface area contributed by atoms with E-state index >= 15 is 0 Å². The van der Waals surface area contributed by atoms with E-state index in [0.717, 1.165) is 24.1 Å². The van der Waals surface area contributed by atoms with Crippen molar-refractivity contribution < 1.29 is 4.79 Å². The number of anilines is 1. The molecule has 0 saturated heterocycles. The molecule has 4 heteroatoms. The molecule has 1 N–H and O–H groups in total. The van der Waals surface area contributed by atoms with E-state index in [4.69, 9.17) is 23.2 Å². The van der Waals surface area contributed by atoms with Crippen LogP contribution in [0, 0.1) is 0 Å². The van der Waals surface area contributed by atoms with Gasteiger partial charge in [0.15, 0.2) is 0 Å². The normalized spacial score (nSPS) is 17.1. The Bertz CT molecular complexity index is 488. The topological polar surface area (TPSA) is 29.1 Å². The Morgan fingerprint density at radius 1 is 1.10 bits per heavy atom. The molecule has 0 spiro atoms. The zero-order valence-corrected chi connectivity index (χ0v) is 13.4. The Balaban J connectivity index is 1.92. The van der Waals surface area contributed by atoms with Crippen molar-refractivity contribution in [3.05, 3.63) is 27.7 Å². The van der Waals surface area contributed by atoms with Gasteiger partial charge in [-0.2, -0.15) is 0 Å². The summed E-state index contributed by atoms with van der Waals surface area (Å²) in [5.41, 5.74) is 1.71. The highest BCUT2D eigenvalue weighted by Gasteiger charge is 2.31. The van der Waals surface area contributed by atoms with Gasteiger partial charge in [0.2, 0.25) is 5.91 Å². The lowest BCUT2D eigenvalue weighted by Gasteiger charge is -2.09. The largest absolute Gasteiger partial charge is 0.324 e. The third kappa shape index (κ3) is 3.67. The quantitative estimate of drug-likeness (QED) is 0.635. The number of halogens is 2. The predicted octanol–water partition coefficient (Wildman–Crippen LogP) is 5.78. The first-order chi connectivity index (χ1) is 9.63. The first kappa shape index (κ1) is 15.7. The highest BCUT2D eigenvalue weighted by atomic mass is 35.5. The maximum absolute atomic E-state index is 12.0. The zero-order valence-electron chi connectivity index (χ0n) is 11.8. The number of carbonyl (C=O) groups is 1. The third-order valence-corrected chi connectivity index (χ3v) is 4.39. The van der Waals surface area contributed by atoms with E-state index in [9.17, 15) is 4.79 Å². The number of benzene rings is 1. The molecule has 1 aliphatic rings. The van der Waals surface area contributed by atoms with E-state index in [1.807, 2.05) is 6.07 Å². The number of unbranched alkanes of at least 4 members (excludes halogenated alkanes) is 5. The maximum Gasteiger partial charge on any atom is 0.232 e. The summed E-state index contributed by atoms with van der Waals surface area (Å²) in [5.74, 6) is -0.0369. The molecule has 1 amide bonds. The van der Waals surface area contributed by atoms with E-state index in [-0.39, 0.29) is 11.8 Å². The second kappa shape index (κ2) is 7.33. The van der Waals surface area contributed by atoms with Gasteiger partial charge in [-0.25, -0.2) is 0 Å². The monoisotopic (exact) mass is 313 g/mol. The predicted molar refractivity (Wildman–Crippen MR) is 85.8 cm³/mol. The summed E-state index contributed by atoms with van der Waals surface area (Å²) in [5, 5.41) is 4.00. The van der Waals surface area contributed by atoms with Crippen LogP contribution in [0.3, 0.4) is 0 Å². The third-order valence-electron chi connectivity index (χ3n) is 3.87. The van der Waals surface area contributed by atoms with Crippen molar-refractivity contribution in [2.75, 3.05) is 5.32 Å². The molecule has 0 aliphatic carbocycles. The van der Waals surface area contributed by atoms with Crippen molar-refractivity contribution in [1.82, 2.24) is 0 Å². The lowest BCUT2D eigenvalue weighted by atomic mass is 9.94. The van der Waals surface area contributed by atoms with Gasteiger partial charge in [-0.05, 0) is 24.1 Å². The maximum atomic E-state index is 12.0. The van der Waals surface area contributed by atoms with E-state index < -0.39 is 0 Å². The molecule has 1 atom stereocenters. The second-order valence-corrected chi connectivity index (χ2v) is 6.29. The Labute approximate surface area is 130 Å². The van der Waals surface area contributed by atoms with Crippen molar-refractivity contribution in [2.24, 2.45) is 0 Å². The number of fused-ring (bicyclic) bond motifs is 1. The van der Waals surface area contributed by atoms with Crippen LogP contribution in [0.5, 0.6) is 0 Å². The van der Waals surface area contributed by atoms with E-state index in [0.29, 0.717) is 10.0 Å². The van der Waals surface area contributed by atoms with Gasteiger partial charge in [-0.15, -0.1) is 0 Å². The number of nitrogens with one attached hydrogen (secondary N) is 1. The van der Waals surface area contributed by atoms with E-state index in [1.54, 1.807) is 6.07 Å². The molecule has 2 rings (SSSR count). The van der Waals surface area contributed by atoms with Crippen molar-refractivity contribution in [3.8, 4) is 0 Å². The summed E-state index contributed by atoms with van der Waals surface area (Å²) in [6, 6.07) is 3.54. The van der Waals surface area contributed by atoms with Crippen LogP contribution in [-0.4, -0.2) is 5.91 Å². The van der Waals surface area contributed by atoms with Gasteiger partial charge in [-0.3, -0.25) is 4.79 Å². The summed E-state index contributed by atoms with van der Waals surface area (Å²) in [6.07, 6.45) is 8.25. The highest BCUT2D eigenvalue weighted by Crippen LogP contribution is 2.41. The molecule has 2 nitrogen and oxygen atoms in total. The first-order valence-corrected chi connectivity index (χ1v) is 8.19. The number of carbonyl (C=O) groups excluding carboxylic acids is 1. The molecule has 1 aliphatic heterocycles. The summed E-state index contributed by atoms with van der Waals surface area (Å²) >= 11 is 12.2. The zero-order chi connectivity index (χ0) is 14.5. The fourth-order valence-electron chi connectivity index (χ4n) is 2.77. The minimum absolute atomic E-state index is 0.0534. The van der Waals surface area contributed by atoms with E-state index in [2.05, 4.69) is 12.2 Å².